The van der Waals surface area contributed by atoms with Crippen LogP contribution < -0.4 is 0 Å². The number of aliphatic hydroxyl groups excluding tert-OH is 1. The smallest absolute Gasteiger partial charge is 0.158 e. The third kappa shape index (κ3) is 3.17. The van der Waals surface area contributed by atoms with Gasteiger partial charge in [0.2, 0.25) is 0 Å². The van der Waals surface area contributed by atoms with Gasteiger partial charge in [-0.2, -0.15) is 0 Å². The summed E-state index contributed by atoms with van der Waals surface area (Å²) in [5.74, 6) is 0.233. The first kappa shape index (κ1) is 14.5. The lowest BCUT2D eigenvalue weighted by atomic mass is 9.69. The van der Waals surface area contributed by atoms with Crippen molar-refractivity contribution in [3.8, 4) is 0 Å². The lowest BCUT2D eigenvalue weighted by molar-refractivity contribution is -0.116. The third-order valence-corrected chi connectivity index (χ3v) is 4.65. The first-order valence-corrected chi connectivity index (χ1v) is 7.52. The molecule has 0 saturated carbocycles. The molecule has 0 aromatic heterocycles. The van der Waals surface area contributed by atoms with E-state index >= 15 is 0 Å². The Balaban J connectivity index is 2.17. The van der Waals surface area contributed by atoms with Gasteiger partial charge in [0.15, 0.2) is 5.78 Å². The Morgan fingerprint density at radius 2 is 2.05 bits per heavy atom. The van der Waals surface area contributed by atoms with Crippen molar-refractivity contribution in [3.05, 3.63) is 22.8 Å². The van der Waals surface area contributed by atoms with Crippen LogP contribution in [0.25, 0.3) is 0 Å². The highest BCUT2D eigenvalue weighted by molar-refractivity contribution is 5.96. The minimum absolute atomic E-state index is 0.0695. The molecule has 0 aromatic carbocycles. The van der Waals surface area contributed by atoms with Crippen LogP contribution >= 0.6 is 0 Å². The molecule has 0 spiro atoms. The summed E-state index contributed by atoms with van der Waals surface area (Å²) in [7, 11) is 0. The lowest BCUT2D eigenvalue weighted by Gasteiger charge is -2.37. The number of Topliss-reactive ketones (excluding diaryl/α,β-unsaturated/α-hetero) is 1. The van der Waals surface area contributed by atoms with E-state index in [4.69, 9.17) is 0 Å². The second kappa shape index (κ2) is 5.62. The van der Waals surface area contributed by atoms with Gasteiger partial charge in [-0.1, -0.05) is 25.5 Å². The first-order chi connectivity index (χ1) is 8.92. The summed E-state index contributed by atoms with van der Waals surface area (Å²) in [5.41, 5.74) is 3.42. The van der Waals surface area contributed by atoms with E-state index in [1.54, 1.807) is 0 Å². The Kier molecular flexibility index (Phi) is 4.29. The Morgan fingerprint density at radius 1 is 1.32 bits per heavy atom. The summed E-state index contributed by atoms with van der Waals surface area (Å²) in [5, 5.41) is 10.6. The lowest BCUT2D eigenvalue weighted by Crippen LogP contribution is -2.30. The van der Waals surface area contributed by atoms with E-state index in [2.05, 4.69) is 20.8 Å². The number of carbonyl (C=O) groups is 1. The molecule has 0 saturated heterocycles. The van der Waals surface area contributed by atoms with Crippen LogP contribution in [0.15, 0.2) is 22.8 Å². The van der Waals surface area contributed by atoms with Gasteiger partial charge in [0.25, 0.3) is 0 Å². The number of carbonyl (C=O) groups excluding carboxylic acids is 1. The standard InChI is InChI=1S/C17H26O2/c1-12-7-6-10-17(2,3)16(12)15(19)11-13-8-4-5-9-14(13)18/h8,15,19H,4-7,9-11H2,1-3H3. The van der Waals surface area contributed by atoms with Crippen LogP contribution in [0.3, 0.4) is 0 Å². The van der Waals surface area contributed by atoms with Crippen LogP contribution in [0.2, 0.25) is 0 Å². The maximum atomic E-state index is 11.9. The van der Waals surface area contributed by atoms with Crippen molar-refractivity contribution < 1.29 is 9.90 Å². The van der Waals surface area contributed by atoms with Gasteiger partial charge in [0.05, 0.1) is 6.10 Å². The molecule has 106 valence electrons. The average Bonchev–Trinajstić information content (AvgIpc) is 2.30. The highest BCUT2D eigenvalue weighted by Crippen LogP contribution is 2.43. The topological polar surface area (TPSA) is 37.3 Å². The van der Waals surface area contributed by atoms with Gasteiger partial charge in [0.1, 0.15) is 0 Å². The molecule has 1 unspecified atom stereocenters. The predicted molar refractivity (Wildman–Crippen MR) is 77.9 cm³/mol. The number of rotatable bonds is 3. The fourth-order valence-corrected chi connectivity index (χ4v) is 3.70. The van der Waals surface area contributed by atoms with Crippen molar-refractivity contribution >= 4 is 5.78 Å². The van der Waals surface area contributed by atoms with Crippen molar-refractivity contribution in [2.45, 2.75) is 71.8 Å². The summed E-state index contributed by atoms with van der Waals surface area (Å²) in [6.07, 6.45) is 8.07. The van der Waals surface area contributed by atoms with Crippen LogP contribution in [0.1, 0.15) is 65.7 Å². The monoisotopic (exact) mass is 262 g/mol. The zero-order valence-electron chi connectivity index (χ0n) is 12.5. The molecule has 0 radical (unpaired) electrons. The number of hydrogen-bond donors (Lipinski definition) is 1. The van der Waals surface area contributed by atoms with Gasteiger partial charge in [-0.05, 0) is 55.6 Å². The average molecular weight is 262 g/mol. The van der Waals surface area contributed by atoms with E-state index in [-0.39, 0.29) is 11.2 Å². The SMILES string of the molecule is CC1=C(C(O)CC2=CCCCC2=O)C(C)(C)CCC1. The number of aliphatic hydroxyl groups is 1. The van der Waals surface area contributed by atoms with Crippen LogP contribution in [0.5, 0.6) is 0 Å². The second-order valence-electron chi connectivity index (χ2n) is 6.70. The van der Waals surface area contributed by atoms with Crippen LogP contribution in [-0.4, -0.2) is 17.0 Å². The highest BCUT2D eigenvalue weighted by atomic mass is 16.3. The van der Waals surface area contributed by atoms with Crippen molar-refractivity contribution in [2.24, 2.45) is 5.41 Å². The summed E-state index contributed by atoms with van der Waals surface area (Å²) >= 11 is 0. The van der Waals surface area contributed by atoms with Gasteiger partial charge in [-0.3, -0.25) is 4.79 Å². The minimum atomic E-state index is -0.483. The van der Waals surface area contributed by atoms with Gasteiger partial charge in [-0.15, -0.1) is 0 Å². The number of allylic oxidation sites excluding steroid dienone is 2. The quantitative estimate of drug-likeness (QED) is 0.782. The minimum Gasteiger partial charge on any atom is -0.388 e. The summed E-state index contributed by atoms with van der Waals surface area (Å²) in [6, 6.07) is 0. The molecule has 2 aliphatic rings. The molecule has 0 bridgehead atoms. The van der Waals surface area contributed by atoms with Gasteiger partial charge < -0.3 is 5.11 Å². The number of hydrogen-bond acceptors (Lipinski definition) is 2. The molecule has 1 atom stereocenters. The number of ketones is 1. The maximum Gasteiger partial charge on any atom is 0.158 e. The molecule has 0 aliphatic heterocycles. The fourth-order valence-electron chi connectivity index (χ4n) is 3.70. The summed E-state index contributed by atoms with van der Waals surface area (Å²) < 4.78 is 0. The second-order valence-corrected chi connectivity index (χ2v) is 6.70. The Hall–Kier alpha value is -0.890. The predicted octanol–water partition coefficient (Wildman–Crippen LogP) is 3.94. The zero-order valence-corrected chi connectivity index (χ0v) is 12.5. The Labute approximate surface area is 116 Å². The van der Waals surface area contributed by atoms with Crippen molar-refractivity contribution in [2.75, 3.05) is 0 Å². The van der Waals surface area contributed by atoms with Crippen molar-refractivity contribution in [1.29, 1.82) is 0 Å². The molecular formula is C17H26O2. The molecule has 0 aromatic rings. The maximum absolute atomic E-state index is 11.9. The Morgan fingerprint density at radius 3 is 2.68 bits per heavy atom. The van der Waals surface area contributed by atoms with E-state index in [0.717, 1.165) is 31.3 Å². The molecule has 0 heterocycles. The molecular weight excluding hydrogens is 236 g/mol. The molecule has 0 amide bonds. The summed E-state index contributed by atoms with van der Waals surface area (Å²) in [6.45, 7) is 6.56. The highest BCUT2D eigenvalue weighted by Gasteiger charge is 2.33. The van der Waals surface area contributed by atoms with Crippen LogP contribution in [0.4, 0.5) is 0 Å². The van der Waals surface area contributed by atoms with Gasteiger partial charge in [0, 0.05) is 12.8 Å². The Bertz CT molecular complexity index is 427. The molecule has 1 N–H and O–H groups in total. The normalized spacial score (nSPS) is 25.3. The summed E-state index contributed by atoms with van der Waals surface area (Å²) in [4.78, 5) is 11.9. The van der Waals surface area contributed by atoms with E-state index in [1.807, 2.05) is 6.08 Å². The largest absolute Gasteiger partial charge is 0.388 e. The molecule has 2 nitrogen and oxygen atoms in total. The molecule has 0 fully saturated rings. The van der Waals surface area contributed by atoms with E-state index in [1.165, 1.54) is 17.6 Å². The van der Waals surface area contributed by atoms with Crippen molar-refractivity contribution in [1.82, 2.24) is 0 Å². The van der Waals surface area contributed by atoms with Crippen molar-refractivity contribution in [3.63, 3.8) is 0 Å². The van der Waals surface area contributed by atoms with Gasteiger partial charge >= 0.3 is 0 Å². The van der Waals surface area contributed by atoms with E-state index < -0.39 is 6.10 Å². The fraction of sp³-hybridized carbons (Fsp3) is 0.706. The third-order valence-electron chi connectivity index (χ3n) is 4.65. The van der Waals surface area contributed by atoms with E-state index in [9.17, 15) is 9.90 Å². The van der Waals surface area contributed by atoms with Crippen LogP contribution in [-0.2, 0) is 4.79 Å². The first-order valence-electron chi connectivity index (χ1n) is 7.52. The van der Waals surface area contributed by atoms with E-state index in [0.29, 0.717) is 12.8 Å². The zero-order chi connectivity index (χ0) is 14.0. The molecule has 2 heteroatoms. The molecule has 2 aliphatic carbocycles. The van der Waals surface area contributed by atoms with Crippen LogP contribution in [0, 0.1) is 5.41 Å². The molecule has 19 heavy (non-hydrogen) atoms. The van der Waals surface area contributed by atoms with Gasteiger partial charge in [-0.25, -0.2) is 0 Å². The molecule has 2 rings (SSSR count).